The molecular formula is C19H23N5O4S2. The van der Waals surface area contributed by atoms with E-state index in [4.69, 9.17) is 0 Å². The van der Waals surface area contributed by atoms with Crippen molar-refractivity contribution in [1.82, 2.24) is 19.5 Å². The van der Waals surface area contributed by atoms with E-state index in [2.05, 4.69) is 20.5 Å². The SMILES string of the molecule is CCN(CC)S(=O)(=O)c1ccc2[nH]c(=O)cc(C(=O)Nc3nnc(C(C)C)s3)c2c1. The van der Waals surface area contributed by atoms with Crippen LogP contribution in [-0.2, 0) is 10.0 Å². The number of carbonyl (C=O) groups is 1. The summed E-state index contributed by atoms with van der Waals surface area (Å²) in [6.07, 6.45) is 0. The Balaban J connectivity index is 2.07. The summed E-state index contributed by atoms with van der Waals surface area (Å²) < 4.78 is 27.1. The summed E-state index contributed by atoms with van der Waals surface area (Å²) in [5.74, 6) is -0.392. The maximum Gasteiger partial charge on any atom is 0.258 e. The maximum absolute atomic E-state index is 12.9. The minimum absolute atomic E-state index is 0.0535. The number of hydrogen-bond acceptors (Lipinski definition) is 7. The smallest absolute Gasteiger partial charge is 0.258 e. The lowest BCUT2D eigenvalue weighted by molar-refractivity contribution is 0.102. The molecule has 30 heavy (non-hydrogen) atoms. The van der Waals surface area contributed by atoms with E-state index in [1.165, 1.54) is 33.8 Å². The van der Waals surface area contributed by atoms with E-state index in [1.54, 1.807) is 13.8 Å². The molecule has 0 radical (unpaired) electrons. The molecule has 0 aliphatic carbocycles. The molecule has 160 valence electrons. The second-order valence-electron chi connectivity index (χ2n) is 6.90. The summed E-state index contributed by atoms with van der Waals surface area (Å²) in [5, 5.41) is 12.0. The number of amides is 1. The molecule has 0 bridgehead atoms. The van der Waals surface area contributed by atoms with Gasteiger partial charge in [-0.05, 0) is 18.2 Å². The number of nitrogens with zero attached hydrogens (tertiary/aromatic N) is 3. The topological polar surface area (TPSA) is 125 Å². The number of rotatable bonds is 7. The summed E-state index contributed by atoms with van der Waals surface area (Å²) in [7, 11) is -3.72. The molecule has 3 aromatic rings. The second-order valence-corrected chi connectivity index (χ2v) is 9.85. The van der Waals surface area contributed by atoms with Gasteiger partial charge in [0.1, 0.15) is 5.01 Å². The van der Waals surface area contributed by atoms with Crippen LogP contribution in [0.4, 0.5) is 5.13 Å². The monoisotopic (exact) mass is 449 g/mol. The van der Waals surface area contributed by atoms with Crippen molar-refractivity contribution in [2.75, 3.05) is 18.4 Å². The Kier molecular flexibility index (Phi) is 6.34. The van der Waals surface area contributed by atoms with E-state index in [1.807, 2.05) is 13.8 Å². The standard InChI is InChI=1S/C19H23N5O4S2/c1-5-24(6-2)30(27,28)12-7-8-15-13(9-12)14(10-16(25)20-15)17(26)21-19-23-22-18(29-19)11(3)4/h7-11H,5-6H2,1-4H3,(H,20,25)(H,21,23,26). The van der Waals surface area contributed by atoms with Crippen LogP contribution in [0.5, 0.6) is 0 Å². The van der Waals surface area contributed by atoms with Gasteiger partial charge in [-0.25, -0.2) is 8.42 Å². The number of fused-ring (bicyclic) bond motifs is 1. The quantitative estimate of drug-likeness (QED) is 0.571. The van der Waals surface area contributed by atoms with E-state index >= 15 is 0 Å². The number of H-pyrrole nitrogens is 1. The molecule has 0 spiro atoms. The Bertz CT molecular complexity index is 1240. The summed E-state index contributed by atoms with van der Waals surface area (Å²) in [6, 6.07) is 5.47. The number of anilines is 1. The number of pyridine rings is 1. The average Bonchev–Trinajstić information content (AvgIpc) is 3.16. The summed E-state index contributed by atoms with van der Waals surface area (Å²) in [6.45, 7) is 8.09. The summed E-state index contributed by atoms with van der Waals surface area (Å²) in [5.41, 5.74) is -0.0370. The zero-order chi connectivity index (χ0) is 22.1. The molecule has 11 heteroatoms. The molecule has 0 atom stereocenters. The van der Waals surface area contributed by atoms with Crippen LogP contribution < -0.4 is 10.9 Å². The van der Waals surface area contributed by atoms with Crippen molar-refractivity contribution in [3.8, 4) is 0 Å². The number of sulfonamides is 1. The maximum atomic E-state index is 12.9. The van der Waals surface area contributed by atoms with Crippen molar-refractivity contribution in [2.24, 2.45) is 0 Å². The Morgan fingerprint density at radius 3 is 2.50 bits per heavy atom. The van der Waals surface area contributed by atoms with Crippen LogP contribution in [0.25, 0.3) is 10.9 Å². The van der Waals surface area contributed by atoms with E-state index in [-0.39, 0.29) is 16.4 Å². The van der Waals surface area contributed by atoms with E-state index in [9.17, 15) is 18.0 Å². The predicted octanol–water partition coefficient (Wildman–Crippen LogP) is 2.79. The van der Waals surface area contributed by atoms with Gasteiger partial charge in [0.2, 0.25) is 20.7 Å². The number of hydrogen-bond donors (Lipinski definition) is 2. The lowest BCUT2D eigenvalue weighted by Crippen LogP contribution is -2.30. The molecule has 1 amide bonds. The third kappa shape index (κ3) is 4.27. The van der Waals surface area contributed by atoms with Crippen molar-refractivity contribution in [1.29, 1.82) is 0 Å². The van der Waals surface area contributed by atoms with Gasteiger partial charge in [-0.1, -0.05) is 39.0 Å². The number of aromatic amines is 1. The first-order chi connectivity index (χ1) is 14.2. The van der Waals surface area contributed by atoms with Gasteiger partial charge in [-0.2, -0.15) is 4.31 Å². The Labute approximate surface area is 178 Å². The third-order valence-electron chi connectivity index (χ3n) is 4.56. The molecular weight excluding hydrogens is 426 g/mol. The molecule has 0 fully saturated rings. The average molecular weight is 450 g/mol. The van der Waals surface area contributed by atoms with Crippen LogP contribution >= 0.6 is 11.3 Å². The molecule has 0 aliphatic heterocycles. The zero-order valence-corrected chi connectivity index (χ0v) is 18.7. The van der Waals surface area contributed by atoms with Crippen molar-refractivity contribution < 1.29 is 13.2 Å². The molecule has 1 aromatic carbocycles. The molecule has 2 N–H and O–H groups in total. The van der Waals surface area contributed by atoms with Gasteiger partial charge in [-0.15, -0.1) is 10.2 Å². The number of benzene rings is 1. The van der Waals surface area contributed by atoms with Crippen LogP contribution in [0.15, 0.2) is 34.0 Å². The van der Waals surface area contributed by atoms with Gasteiger partial charge in [0.25, 0.3) is 5.91 Å². The van der Waals surface area contributed by atoms with Gasteiger partial charge in [0.15, 0.2) is 0 Å². The highest BCUT2D eigenvalue weighted by Gasteiger charge is 2.23. The molecule has 2 heterocycles. The van der Waals surface area contributed by atoms with Crippen LogP contribution in [0.2, 0.25) is 0 Å². The molecule has 0 aliphatic rings. The highest BCUT2D eigenvalue weighted by molar-refractivity contribution is 7.89. The second kappa shape index (κ2) is 8.62. The molecule has 3 rings (SSSR count). The van der Waals surface area contributed by atoms with E-state index in [0.717, 1.165) is 11.1 Å². The van der Waals surface area contributed by atoms with E-state index < -0.39 is 21.5 Å². The molecule has 0 saturated carbocycles. The van der Waals surface area contributed by atoms with Gasteiger partial charge in [0.05, 0.1) is 10.5 Å². The van der Waals surface area contributed by atoms with Gasteiger partial charge in [-0.3, -0.25) is 14.9 Å². The van der Waals surface area contributed by atoms with Crippen molar-refractivity contribution in [3.05, 3.63) is 45.2 Å². The van der Waals surface area contributed by atoms with Crippen molar-refractivity contribution in [3.63, 3.8) is 0 Å². The van der Waals surface area contributed by atoms with Crippen LogP contribution in [0, 0.1) is 0 Å². The minimum atomic E-state index is -3.72. The highest BCUT2D eigenvalue weighted by Crippen LogP contribution is 2.25. The molecule has 9 nitrogen and oxygen atoms in total. The van der Waals surface area contributed by atoms with Gasteiger partial charge >= 0.3 is 0 Å². The Hall–Kier alpha value is -2.63. The summed E-state index contributed by atoms with van der Waals surface area (Å²) >= 11 is 1.25. The van der Waals surface area contributed by atoms with Crippen LogP contribution in [0.3, 0.4) is 0 Å². The fourth-order valence-corrected chi connectivity index (χ4v) is 5.20. The van der Waals surface area contributed by atoms with Gasteiger partial charge in [0, 0.05) is 36.0 Å². The number of carbonyl (C=O) groups excluding carboxylic acids is 1. The molecule has 0 saturated heterocycles. The Morgan fingerprint density at radius 1 is 1.20 bits per heavy atom. The zero-order valence-electron chi connectivity index (χ0n) is 17.1. The predicted molar refractivity (Wildman–Crippen MR) is 117 cm³/mol. The Morgan fingerprint density at radius 2 is 1.90 bits per heavy atom. The fraction of sp³-hybridized carbons (Fsp3) is 0.368. The van der Waals surface area contributed by atoms with Gasteiger partial charge < -0.3 is 4.98 Å². The first-order valence-corrected chi connectivity index (χ1v) is 11.7. The largest absolute Gasteiger partial charge is 0.322 e. The van der Waals surface area contributed by atoms with Crippen LogP contribution in [-0.4, -0.2) is 46.9 Å². The number of aromatic nitrogens is 3. The van der Waals surface area contributed by atoms with Crippen molar-refractivity contribution >= 4 is 43.3 Å². The molecule has 2 aromatic heterocycles. The first kappa shape index (κ1) is 22.1. The lowest BCUT2D eigenvalue weighted by Gasteiger charge is -2.18. The minimum Gasteiger partial charge on any atom is -0.322 e. The van der Waals surface area contributed by atoms with Crippen LogP contribution in [0.1, 0.15) is 49.0 Å². The highest BCUT2D eigenvalue weighted by atomic mass is 32.2. The molecule has 0 unspecified atom stereocenters. The summed E-state index contributed by atoms with van der Waals surface area (Å²) in [4.78, 5) is 27.6. The third-order valence-corrected chi connectivity index (χ3v) is 7.74. The number of nitrogens with one attached hydrogen (secondary N) is 2. The lowest BCUT2D eigenvalue weighted by atomic mass is 10.1. The first-order valence-electron chi connectivity index (χ1n) is 9.49. The van der Waals surface area contributed by atoms with E-state index in [0.29, 0.717) is 29.1 Å². The van der Waals surface area contributed by atoms with Crippen molar-refractivity contribution in [2.45, 2.75) is 38.5 Å². The fourth-order valence-electron chi connectivity index (χ4n) is 2.98. The normalized spacial score (nSPS) is 12.1.